The second-order valence-corrected chi connectivity index (χ2v) is 7.89. The van der Waals surface area contributed by atoms with Gasteiger partial charge >= 0.3 is 0 Å². The number of amides is 1. The molecular weight excluding hydrogens is 420 g/mol. The van der Waals surface area contributed by atoms with E-state index in [1.165, 1.54) is 0 Å². The van der Waals surface area contributed by atoms with E-state index in [-0.39, 0.29) is 5.91 Å². The Labute approximate surface area is 190 Å². The first-order valence-electron chi connectivity index (χ1n) is 10.2. The molecule has 0 saturated heterocycles. The van der Waals surface area contributed by atoms with Crippen LogP contribution < -0.4 is 5.32 Å². The van der Waals surface area contributed by atoms with Gasteiger partial charge in [-0.3, -0.25) is 4.79 Å². The zero-order chi connectivity index (χ0) is 22.1. The monoisotopic (exact) mass is 438 g/mol. The second-order valence-electron chi connectivity index (χ2n) is 7.48. The number of fused-ring (bicyclic) bond motifs is 1. The normalized spacial score (nSPS) is 10.9. The number of halogens is 1. The Morgan fingerprint density at radius 3 is 2.44 bits per heavy atom. The minimum absolute atomic E-state index is 0.197. The Morgan fingerprint density at radius 1 is 0.875 bits per heavy atom. The van der Waals surface area contributed by atoms with Crippen molar-refractivity contribution in [3.05, 3.63) is 107 Å². The van der Waals surface area contributed by atoms with Crippen LogP contribution >= 0.6 is 11.6 Å². The van der Waals surface area contributed by atoms with E-state index in [0.29, 0.717) is 27.8 Å². The van der Waals surface area contributed by atoms with E-state index in [4.69, 9.17) is 21.0 Å². The van der Waals surface area contributed by atoms with Crippen LogP contribution in [0.25, 0.3) is 33.7 Å². The molecule has 3 aromatic carbocycles. The maximum absolute atomic E-state index is 13.2. The molecule has 0 spiro atoms. The molecule has 5 aromatic rings. The minimum Gasteiger partial charge on any atom is -0.454 e. The summed E-state index contributed by atoms with van der Waals surface area (Å²) in [5, 5.41) is 4.41. The molecule has 32 heavy (non-hydrogen) atoms. The van der Waals surface area contributed by atoms with Crippen LogP contribution in [0.3, 0.4) is 0 Å². The summed E-state index contributed by atoms with van der Waals surface area (Å²) in [7, 11) is 0. The number of furan rings is 1. The lowest BCUT2D eigenvalue weighted by Crippen LogP contribution is -2.13. The molecule has 4 nitrogen and oxygen atoms in total. The Morgan fingerprint density at radius 2 is 1.59 bits per heavy atom. The van der Waals surface area contributed by atoms with Gasteiger partial charge in [0, 0.05) is 16.6 Å². The summed E-state index contributed by atoms with van der Waals surface area (Å²) >= 11 is 6.32. The first-order valence-corrected chi connectivity index (χ1v) is 10.6. The van der Waals surface area contributed by atoms with Gasteiger partial charge in [0.15, 0.2) is 5.76 Å². The molecule has 0 radical (unpaired) electrons. The maximum atomic E-state index is 13.2. The fraction of sp³-hybridized carbons (Fsp3) is 0.0370. The number of para-hydroxylation sites is 2. The predicted molar refractivity (Wildman–Crippen MR) is 129 cm³/mol. The summed E-state index contributed by atoms with van der Waals surface area (Å²) < 4.78 is 6.08. The molecule has 0 aliphatic carbocycles. The SMILES string of the molecule is Cc1ccccc1NC(=O)c1cc(-c2ccc(-c3ccccc3Cl)o2)nc2ccccc12. The van der Waals surface area contributed by atoms with Gasteiger partial charge < -0.3 is 9.73 Å². The van der Waals surface area contributed by atoms with Crippen molar-refractivity contribution in [2.24, 2.45) is 0 Å². The fourth-order valence-electron chi connectivity index (χ4n) is 3.67. The van der Waals surface area contributed by atoms with Crippen molar-refractivity contribution in [1.29, 1.82) is 0 Å². The molecule has 0 aliphatic heterocycles. The molecule has 5 rings (SSSR count). The van der Waals surface area contributed by atoms with E-state index in [1.54, 1.807) is 6.07 Å². The van der Waals surface area contributed by atoms with Crippen molar-refractivity contribution in [2.45, 2.75) is 6.92 Å². The van der Waals surface area contributed by atoms with Crippen molar-refractivity contribution in [2.75, 3.05) is 5.32 Å². The third-order valence-corrected chi connectivity index (χ3v) is 5.68. The van der Waals surface area contributed by atoms with Crippen LogP contribution in [0.1, 0.15) is 15.9 Å². The Balaban J connectivity index is 1.58. The number of aromatic nitrogens is 1. The molecule has 0 aliphatic rings. The van der Waals surface area contributed by atoms with E-state index < -0.39 is 0 Å². The van der Waals surface area contributed by atoms with E-state index in [9.17, 15) is 4.79 Å². The largest absolute Gasteiger partial charge is 0.454 e. The lowest BCUT2D eigenvalue weighted by Gasteiger charge is -2.11. The van der Waals surface area contributed by atoms with Crippen LogP contribution in [0.5, 0.6) is 0 Å². The van der Waals surface area contributed by atoms with Crippen molar-refractivity contribution in [3.8, 4) is 22.8 Å². The van der Waals surface area contributed by atoms with Crippen LogP contribution in [-0.2, 0) is 0 Å². The average molecular weight is 439 g/mol. The number of anilines is 1. The van der Waals surface area contributed by atoms with Gasteiger partial charge in [0.05, 0.1) is 16.1 Å². The summed E-state index contributed by atoms with van der Waals surface area (Å²) in [4.78, 5) is 18.0. The van der Waals surface area contributed by atoms with Gasteiger partial charge in [-0.1, -0.05) is 60.1 Å². The van der Waals surface area contributed by atoms with E-state index in [2.05, 4.69) is 5.32 Å². The Bertz CT molecular complexity index is 1460. The van der Waals surface area contributed by atoms with Crippen LogP contribution in [0.4, 0.5) is 5.69 Å². The lowest BCUT2D eigenvalue weighted by atomic mass is 10.1. The molecule has 0 fully saturated rings. The van der Waals surface area contributed by atoms with E-state index in [1.807, 2.05) is 91.9 Å². The van der Waals surface area contributed by atoms with Gasteiger partial charge in [-0.05, 0) is 55.0 Å². The maximum Gasteiger partial charge on any atom is 0.256 e. The fourth-order valence-corrected chi connectivity index (χ4v) is 3.90. The Kier molecular flexibility index (Phi) is 5.21. The predicted octanol–water partition coefficient (Wildman–Crippen LogP) is 7.38. The highest BCUT2D eigenvalue weighted by Crippen LogP contribution is 2.33. The van der Waals surface area contributed by atoms with Crippen LogP contribution in [-0.4, -0.2) is 10.9 Å². The van der Waals surface area contributed by atoms with Crippen molar-refractivity contribution < 1.29 is 9.21 Å². The smallest absolute Gasteiger partial charge is 0.256 e. The molecule has 1 N–H and O–H groups in total. The summed E-state index contributed by atoms with van der Waals surface area (Å²) in [6, 6.07) is 28.3. The number of hydrogen-bond acceptors (Lipinski definition) is 3. The average Bonchev–Trinajstić information content (AvgIpc) is 3.30. The highest BCUT2D eigenvalue weighted by molar-refractivity contribution is 6.33. The molecule has 156 valence electrons. The van der Waals surface area contributed by atoms with E-state index in [0.717, 1.165) is 27.7 Å². The van der Waals surface area contributed by atoms with Gasteiger partial charge in [0.2, 0.25) is 0 Å². The standard InChI is InChI=1S/C27H19ClN2O2/c1-17-8-2-6-12-22(17)30-27(31)20-16-24(29-23-13-7-4-9-18(20)23)26-15-14-25(32-26)19-10-3-5-11-21(19)28/h2-16H,1H3,(H,30,31). The summed E-state index contributed by atoms with van der Waals surface area (Å²) in [5.41, 5.74) is 4.41. The first kappa shape index (κ1) is 20.0. The minimum atomic E-state index is -0.197. The summed E-state index contributed by atoms with van der Waals surface area (Å²) in [6.45, 7) is 1.96. The highest BCUT2D eigenvalue weighted by Gasteiger charge is 2.17. The molecule has 2 aromatic heterocycles. The number of benzene rings is 3. The third kappa shape index (κ3) is 3.77. The number of nitrogens with one attached hydrogen (secondary N) is 1. The number of pyridine rings is 1. The van der Waals surface area contributed by atoms with Crippen LogP contribution in [0.2, 0.25) is 5.02 Å². The molecular formula is C27H19ClN2O2. The number of hydrogen-bond donors (Lipinski definition) is 1. The number of rotatable bonds is 4. The van der Waals surface area contributed by atoms with Gasteiger partial charge in [-0.25, -0.2) is 4.98 Å². The number of nitrogens with zero attached hydrogens (tertiary/aromatic N) is 1. The van der Waals surface area contributed by atoms with Gasteiger partial charge in [0.25, 0.3) is 5.91 Å². The van der Waals surface area contributed by atoms with E-state index >= 15 is 0 Å². The van der Waals surface area contributed by atoms with Gasteiger partial charge in [-0.15, -0.1) is 0 Å². The van der Waals surface area contributed by atoms with Crippen molar-refractivity contribution >= 4 is 34.1 Å². The third-order valence-electron chi connectivity index (χ3n) is 5.35. The van der Waals surface area contributed by atoms with Crippen molar-refractivity contribution in [3.63, 3.8) is 0 Å². The van der Waals surface area contributed by atoms with Crippen LogP contribution in [0, 0.1) is 6.92 Å². The first-order chi connectivity index (χ1) is 15.6. The molecule has 0 atom stereocenters. The number of aryl methyl sites for hydroxylation is 1. The molecule has 2 heterocycles. The zero-order valence-electron chi connectivity index (χ0n) is 17.3. The molecule has 5 heteroatoms. The second kappa shape index (κ2) is 8.33. The van der Waals surface area contributed by atoms with Crippen molar-refractivity contribution in [1.82, 2.24) is 4.98 Å². The Hall–Kier alpha value is -3.89. The molecule has 0 saturated carbocycles. The number of carbonyl (C=O) groups is 1. The highest BCUT2D eigenvalue weighted by atomic mass is 35.5. The molecule has 0 bridgehead atoms. The number of carbonyl (C=O) groups excluding carboxylic acids is 1. The topological polar surface area (TPSA) is 55.1 Å². The summed E-state index contributed by atoms with van der Waals surface area (Å²) in [5.74, 6) is 1.01. The van der Waals surface area contributed by atoms with Gasteiger partial charge in [-0.2, -0.15) is 0 Å². The summed E-state index contributed by atoms with van der Waals surface area (Å²) in [6.07, 6.45) is 0. The molecule has 0 unspecified atom stereocenters. The quantitative estimate of drug-likeness (QED) is 0.318. The lowest BCUT2D eigenvalue weighted by molar-refractivity contribution is 0.102. The zero-order valence-corrected chi connectivity index (χ0v) is 18.1. The van der Waals surface area contributed by atoms with Gasteiger partial charge in [0.1, 0.15) is 11.5 Å². The van der Waals surface area contributed by atoms with Crippen LogP contribution in [0.15, 0.2) is 95.4 Å². The molecule has 1 amide bonds.